The minimum absolute atomic E-state index is 0.179. The van der Waals surface area contributed by atoms with Crippen LogP contribution in [0, 0.1) is 5.92 Å². The van der Waals surface area contributed by atoms with Gasteiger partial charge in [0.25, 0.3) is 0 Å². The molecule has 1 atom stereocenters. The molecule has 0 bridgehead atoms. The van der Waals surface area contributed by atoms with E-state index in [9.17, 15) is 4.79 Å². The van der Waals surface area contributed by atoms with Crippen LogP contribution in [0.3, 0.4) is 0 Å². The van der Waals surface area contributed by atoms with E-state index in [-0.39, 0.29) is 5.97 Å². The number of hydrogen-bond donors (Lipinski definition) is 1. The Morgan fingerprint density at radius 3 is 2.85 bits per heavy atom. The van der Waals surface area contributed by atoms with Gasteiger partial charge in [0.15, 0.2) is 0 Å². The summed E-state index contributed by atoms with van der Waals surface area (Å²) in [5, 5.41) is 3.59. The molecule has 0 aliphatic carbocycles. The molecule has 1 aromatic rings. The predicted octanol–water partition coefficient (Wildman–Crippen LogP) is 2.37. The van der Waals surface area contributed by atoms with Crippen LogP contribution >= 0.6 is 11.3 Å². The maximum absolute atomic E-state index is 11.2. The van der Waals surface area contributed by atoms with Crippen LogP contribution in [-0.4, -0.2) is 32.3 Å². The van der Waals surface area contributed by atoms with Crippen LogP contribution in [0.2, 0.25) is 0 Å². The highest BCUT2D eigenvalue weighted by atomic mass is 32.1. The van der Waals surface area contributed by atoms with Gasteiger partial charge in [-0.3, -0.25) is 4.79 Å². The first-order valence-electron chi connectivity index (χ1n) is 7.14. The Balaban J connectivity index is 1.77. The molecule has 2 heterocycles. The molecule has 4 nitrogen and oxygen atoms in total. The average Bonchev–Trinajstić information content (AvgIpc) is 2.93. The normalized spacial score (nSPS) is 17.9. The van der Waals surface area contributed by atoms with E-state index in [0.29, 0.717) is 18.4 Å². The fourth-order valence-electron chi connectivity index (χ4n) is 2.47. The average molecular weight is 297 g/mol. The molecule has 5 heteroatoms. The van der Waals surface area contributed by atoms with Gasteiger partial charge < -0.3 is 14.8 Å². The van der Waals surface area contributed by atoms with Crippen molar-refractivity contribution in [1.29, 1.82) is 0 Å². The first-order valence-corrected chi connectivity index (χ1v) is 7.96. The number of nitrogens with one attached hydrogen (secondary N) is 1. The quantitative estimate of drug-likeness (QED) is 0.819. The molecule has 1 fully saturated rings. The molecule has 0 radical (unpaired) electrons. The van der Waals surface area contributed by atoms with E-state index in [4.69, 9.17) is 4.74 Å². The Hall–Kier alpha value is -0.910. The van der Waals surface area contributed by atoms with Gasteiger partial charge in [0.05, 0.1) is 13.5 Å². The maximum Gasteiger partial charge on any atom is 0.310 e. The van der Waals surface area contributed by atoms with Crippen molar-refractivity contribution in [3.63, 3.8) is 0 Å². The fraction of sp³-hybridized carbons (Fsp3) is 0.667. The lowest BCUT2D eigenvalue weighted by molar-refractivity contribution is -0.139. The summed E-state index contributed by atoms with van der Waals surface area (Å²) in [6.07, 6.45) is 2.66. The van der Waals surface area contributed by atoms with E-state index >= 15 is 0 Å². The highest BCUT2D eigenvalue weighted by Crippen LogP contribution is 2.21. The highest BCUT2D eigenvalue weighted by molar-refractivity contribution is 7.12. The zero-order valence-electron chi connectivity index (χ0n) is 12.2. The van der Waals surface area contributed by atoms with Crippen LogP contribution < -0.4 is 5.32 Å². The van der Waals surface area contributed by atoms with Crippen LogP contribution in [0.5, 0.6) is 0 Å². The predicted molar refractivity (Wildman–Crippen MR) is 79.9 cm³/mol. The first kappa shape index (κ1) is 15.5. The van der Waals surface area contributed by atoms with Crippen LogP contribution in [0.4, 0.5) is 0 Å². The second-order valence-corrected chi connectivity index (χ2v) is 6.49. The Labute approximate surface area is 124 Å². The second kappa shape index (κ2) is 7.76. The molecular weight excluding hydrogens is 274 g/mol. The van der Waals surface area contributed by atoms with Gasteiger partial charge in [0.2, 0.25) is 0 Å². The molecule has 20 heavy (non-hydrogen) atoms. The van der Waals surface area contributed by atoms with Crippen LogP contribution in [0.25, 0.3) is 0 Å². The number of hydrogen-bond acceptors (Lipinski definition) is 5. The fourth-order valence-corrected chi connectivity index (χ4v) is 3.43. The first-order chi connectivity index (χ1) is 9.69. The van der Waals surface area contributed by atoms with Gasteiger partial charge in [-0.1, -0.05) is 0 Å². The molecule has 2 rings (SSSR count). The molecular formula is C15H23NO3S. The smallest absolute Gasteiger partial charge is 0.310 e. The standard InChI is InChI=1S/C15H23NO3S/c1-11(12-5-7-19-8-6-12)16-10-14-4-3-13(20-14)9-15(17)18-2/h3-4,11-12,16H,5-10H2,1-2H3. The molecule has 0 aromatic carbocycles. The lowest BCUT2D eigenvalue weighted by atomic mass is 9.93. The van der Waals surface area contributed by atoms with Gasteiger partial charge >= 0.3 is 5.97 Å². The van der Waals surface area contributed by atoms with Gasteiger partial charge in [-0.15, -0.1) is 11.3 Å². The molecule has 0 saturated carbocycles. The molecule has 112 valence electrons. The van der Waals surface area contributed by atoms with Crippen molar-refractivity contribution in [2.75, 3.05) is 20.3 Å². The van der Waals surface area contributed by atoms with Gasteiger partial charge in [0, 0.05) is 35.6 Å². The van der Waals surface area contributed by atoms with Crippen LogP contribution in [0.15, 0.2) is 12.1 Å². The topological polar surface area (TPSA) is 47.6 Å². The lowest BCUT2D eigenvalue weighted by Crippen LogP contribution is -2.36. The van der Waals surface area contributed by atoms with Crippen LogP contribution in [0.1, 0.15) is 29.5 Å². The van der Waals surface area contributed by atoms with Crippen molar-refractivity contribution >= 4 is 17.3 Å². The third-order valence-electron chi connectivity index (χ3n) is 3.83. The Morgan fingerprint density at radius 2 is 2.15 bits per heavy atom. The van der Waals surface area contributed by atoms with Gasteiger partial charge in [-0.2, -0.15) is 0 Å². The van der Waals surface area contributed by atoms with E-state index < -0.39 is 0 Å². The Morgan fingerprint density at radius 1 is 1.45 bits per heavy atom. The van der Waals surface area contributed by atoms with E-state index in [0.717, 1.165) is 37.5 Å². The number of ether oxygens (including phenoxy) is 2. The molecule has 1 saturated heterocycles. The Bertz CT molecular complexity index is 427. The molecule has 1 N–H and O–H groups in total. The molecule has 1 aliphatic heterocycles. The number of carbonyl (C=O) groups is 1. The minimum atomic E-state index is -0.179. The summed E-state index contributed by atoms with van der Waals surface area (Å²) in [5.41, 5.74) is 0. The molecule has 1 unspecified atom stereocenters. The number of thiophene rings is 1. The van der Waals surface area contributed by atoms with Crippen LogP contribution in [-0.2, 0) is 27.2 Å². The van der Waals surface area contributed by atoms with Gasteiger partial charge in [0.1, 0.15) is 0 Å². The third-order valence-corrected chi connectivity index (χ3v) is 4.92. The maximum atomic E-state index is 11.2. The van der Waals surface area contributed by atoms with Crippen molar-refractivity contribution in [3.05, 3.63) is 21.9 Å². The van der Waals surface area contributed by atoms with Crippen molar-refractivity contribution in [1.82, 2.24) is 5.32 Å². The summed E-state index contributed by atoms with van der Waals surface area (Å²) in [5.74, 6) is 0.528. The third kappa shape index (κ3) is 4.58. The van der Waals surface area contributed by atoms with E-state index in [1.807, 2.05) is 6.07 Å². The van der Waals surface area contributed by atoms with E-state index in [2.05, 4.69) is 23.0 Å². The summed E-state index contributed by atoms with van der Waals surface area (Å²) in [4.78, 5) is 13.5. The number of esters is 1. The zero-order valence-corrected chi connectivity index (χ0v) is 13.0. The monoisotopic (exact) mass is 297 g/mol. The summed E-state index contributed by atoms with van der Waals surface area (Å²) < 4.78 is 10.1. The van der Waals surface area contributed by atoms with Gasteiger partial charge in [-0.05, 0) is 37.8 Å². The summed E-state index contributed by atoms with van der Waals surface area (Å²) in [7, 11) is 1.42. The summed E-state index contributed by atoms with van der Waals surface area (Å²) in [6, 6.07) is 4.61. The second-order valence-electron chi connectivity index (χ2n) is 5.24. The SMILES string of the molecule is COC(=O)Cc1ccc(CNC(C)C2CCOCC2)s1. The largest absolute Gasteiger partial charge is 0.469 e. The summed E-state index contributed by atoms with van der Waals surface area (Å²) >= 11 is 1.68. The minimum Gasteiger partial charge on any atom is -0.469 e. The molecule has 0 spiro atoms. The van der Waals surface area contributed by atoms with Crippen molar-refractivity contribution in [2.45, 2.75) is 38.8 Å². The number of rotatable bonds is 6. The summed E-state index contributed by atoms with van der Waals surface area (Å²) in [6.45, 7) is 4.89. The van der Waals surface area contributed by atoms with Crippen molar-refractivity contribution < 1.29 is 14.3 Å². The van der Waals surface area contributed by atoms with E-state index in [1.165, 1.54) is 12.0 Å². The Kier molecular flexibility index (Phi) is 6.01. The van der Waals surface area contributed by atoms with Crippen molar-refractivity contribution in [2.24, 2.45) is 5.92 Å². The highest BCUT2D eigenvalue weighted by Gasteiger charge is 2.20. The zero-order chi connectivity index (χ0) is 14.4. The van der Waals surface area contributed by atoms with Gasteiger partial charge in [-0.25, -0.2) is 0 Å². The molecule has 1 aliphatic rings. The van der Waals surface area contributed by atoms with Crippen molar-refractivity contribution in [3.8, 4) is 0 Å². The molecule has 1 aromatic heterocycles. The number of carbonyl (C=O) groups excluding carboxylic acids is 1. The number of methoxy groups -OCH3 is 1. The lowest BCUT2D eigenvalue weighted by Gasteiger charge is -2.28. The van der Waals surface area contributed by atoms with E-state index in [1.54, 1.807) is 11.3 Å². The molecule has 0 amide bonds.